The van der Waals surface area contributed by atoms with Gasteiger partial charge in [-0.1, -0.05) is 41.6 Å². The van der Waals surface area contributed by atoms with Gasteiger partial charge in [0, 0.05) is 24.2 Å². The number of amides is 1. The minimum Gasteiger partial charge on any atom is -0.383 e. The summed E-state index contributed by atoms with van der Waals surface area (Å²) in [5.41, 5.74) is 2.96. The SMILES string of the molecule is COCCNC(=O)CSc1nnc(-c2ccc(Cl)cc2)n1-c1ccccc1C. The lowest BCUT2D eigenvalue weighted by atomic mass is 10.1. The quantitative estimate of drug-likeness (QED) is 0.447. The molecule has 8 heteroatoms. The zero-order valence-electron chi connectivity index (χ0n) is 15.7. The van der Waals surface area contributed by atoms with Crippen LogP contribution in [0.15, 0.2) is 53.7 Å². The van der Waals surface area contributed by atoms with Crippen LogP contribution in [0, 0.1) is 6.92 Å². The highest BCUT2D eigenvalue weighted by Gasteiger charge is 2.18. The average molecular weight is 417 g/mol. The van der Waals surface area contributed by atoms with Crippen molar-refractivity contribution in [2.24, 2.45) is 0 Å². The van der Waals surface area contributed by atoms with Gasteiger partial charge >= 0.3 is 0 Å². The molecule has 0 saturated heterocycles. The molecular weight excluding hydrogens is 396 g/mol. The van der Waals surface area contributed by atoms with Crippen molar-refractivity contribution in [3.63, 3.8) is 0 Å². The second kappa shape index (κ2) is 9.73. The number of para-hydroxylation sites is 1. The summed E-state index contributed by atoms with van der Waals surface area (Å²) < 4.78 is 6.93. The van der Waals surface area contributed by atoms with Crippen LogP contribution >= 0.6 is 23.4 Å². The van der Waals surface area contributed by atoms with Gasteiger partial charge in [0.25, 0.3) is 0 Å². The van der Waals surface area contributed by atoms with E-state index in [9.17, 15) is 4.79 Å². The lowest BCUT2D eigenvalue weighted by molar-refractivity contribution is -0.118. The van der Waals surface area contributed by atoms with Crippen LogP contribution in [0.3, 0.4) is 0 Å². The molecule has 0 fully saturated rings. The number of thioether (sulfide) groups is 1. The first-order chi connectivity index (χ1) is 13.6. The molecule has 0 saturated carbocycles. The van der Waals surface area contributed by atoms with Crippen LogP contribution in [0.4, 0.5) is 0 Å². The van der Waals surface area contributed by atoms with E-state index in [0.29, 0.717) is 29.2 Å². The molecule has 0 aliphatic carbocycles. The summed E-state index contributed by atoms with van der Waals surface area (Å²) in [7, 11) is 1.60. The van der Waals surface area contributed by atoms with Gasteiger partial charge in [0.05, 0.1) is 18.0 Å². The molecule has 1 amide bonds. The van der Waals surface area contributed by atoms with E-state index in [1.165, 1.54) is 11.8 Å². The van der Waals surface area contributed by atoms with Crippen molar-refractivity contribution in [2.75, 3.05) is 26.0 Å². The number of methoxy groups -OCH3 is 1. The Morgan fingerprint density at radius 3 is 2.64 bits per heavy atom. The Labute approximate surface area is 173 Å². The molecule has 0 spiro atoms. The number of aromatic nitrogens is 3. The number of carbonyl (C=O) groups excluding carboxylic acids is 1. The van der Waals surface area contributed by atoms with Gasteiger partial charge in [-0.05, 0) is 42.8 Å². The van der Waals surface area contributed by atoms with Gasteiger partial charge in [-0.3, -0.25) is 9.36 Å². The van der Waals surface area contributed by atoms with E-state index in [0.717, 1.165) is 16.8 Å². The van der Waals surface area contributed by atoms with Crippen LogP contribution in [-0.2, 0) is 9.53 Å². The van der Waals surface area contributed by atoms with E-state index in [-0.39, 0.29) is 11.7 Å². The molecule has 0 unspecified atom stereocenters. The predicted octanol–water partition coefficient (Wildman–Crippen LogP) is 3.75. The standard InChI is InChI=1S/C20H21ClN4O2S/c1-14-5-3-4-6-17(14)25-19(15-7-9-16(21)10-8-15)23-24-20(25)28-13-18(26)22-11-12-27-2/h3-10H,11-13H2,1-2H3,(H,22,26). The van der Waals surface area contributed by atoms with Crippen LogP contribution in [-0.4, -0.2) is 46.7 Å². The molecule has 2 aromatic carbocycles. The Kier molecular flexibility index (Phi) is 7.08. The lowest BCUT2D eigenvalue weighted by Crippen LogP contribution is -2.28. The van der Waals surface area contributed by atoms with Crippen molar-refractivity contribution in [2.45, 2.75) is 12.1 Å². The fraction of sp³-hybridized carbons (Fsp3) is 0.250. The number of ether oxygens (including phenoxy) is 1. The number of aryl methyl sites for hydroxylation is 1. The number of halogens is 1. The first-order valence-electron chi connectivity index (χ1n) is 8.76. The molecule has 3 aromatic rings. The molecule has 6 nitrogen and oxygen atoms in total. The number of hydrogen-bond donors (Lipinski definition) is 1. The Hall–Kier alpha value is -2.35. The summed E-state index contributed by atoms with van der Waals surface area (Å²) >= 11 is 7.37. The molecular formula is C20H21ClN4O2S. The van der Waals surface area contributed by atoms with Crippen molar-refractivity contribution in [1.82, 2.24) is 20.1 Å². The monoisotopic (exact) mass is 416 g/mol. The number of nitrogens with one attached hydrogen (secondary N) is 1. The van der Waals surface area contributed by atoms with E-state index < -0.39 is 0 Å². The normalized spacial score (nSPS) is 10.8. The van der Waals surface area contributed by atoms with Crippen molar-refractivity contribution >= 4 is 29.3 Å². The third kappa shape index (κ3) is 4.92. The molecule has 0 atom stereocenters. The highest BCUT2D eigenvalue weighted by molar-refractivity contribution is 7.99. The highest BCUT2D eigenvalue weighted by Crippen LogP contribution is 2.29. The van der Waals surface area contributed by atoms with Gasteiger partial charge in [-0.15, -0.1) is 10.2 Å². The predicted molar refractivity (Wildman–Crippen MR) is 112 cm³/mol. The maximum absolute atomic E-state index is 12.1. The minimum absolute atomic E-state index is 0.0746. The Morgan fingerprint density at radius 2 is 1.93 bits per heavy atom. The summed E-state index contributed by atoms with van der Waals surface area (Å²) in [5.74, 6) is 0.872. The number of benzene rings is 2. The largest absolute Gasteiger partial charge is 0.383 e. The van der Waals surface area contributed by atoms with Crippen molar-refractivity contribution in [3.8, 4) is 17.1 Å². The molecule has 1 N–H and O–H groups in total. The molecule has 0 bridgehead atoms. The molecule has 3 rings (SSSR count). The Morgan fingerprint density at radius 1 is 1.18 bits per heavy atom. The van der Waals surface area contributed by atoms with Crippen molar-refractivity contribution < 1.29 is 9.53 Å². The number of rotatable bonds is 8. The molecule has 146 valence electrons. The second-order valence-electron chi connectivity index (χ2n) is 6.07. The van der Waals surface area contributed by atoms with Gasteiger partial charge in [0.2, 0.25) is 5.91 Å². The summed E-state index contributed by atoms with van der Waals surface area (Å²) in [6.07, 6.45) is 0. The van der Waals surface area contributed by atoms with E-state index in [4.69, 9.17) is 16.3 Å². The molecule has 0 aliphatic rings. The summed E-state index contributed by atoms with van der Waals surface area (Å²) in [6, 6.07) is 15.5. The topological polar surface area (TPSA) is 69.0 Å². The van der Waals surface area contributed by atoms with E-state index in [1.807, 2.05) is 60.0 Å². The van der Waals surface area contributed by atoms with Crippen LogP contribution < -0.4 is 5.32 Å². The molecule has 0 radical (unpaired) electrons. The van der Waals surface area contributed by atoms with Crippen LogP contribution in [0.2, 0.25) is 5.02 Å². The van der Waals surface area contributed by atoms with Crippen LogP contribution in [0.25, 0.3) is 17.1 Å². The van der Waals surface area contributed by atoms with Gasteiger partial charge < -0.3 is 10.1 Å². The van der Waals surface area contributed by atoms with Gasteiger partial charge in [-0.2, -0.15) is 0 Å². The maximum Gasteiger partial charge on any atom is 0.230 e. The Balaban J connectivity index is 1.91. The molecule has 1 heterocycles. The third-order valence-corrected chi connectivity index (χ3v) is 5.23. The highest BCUT2D eigenvalue weighted by atomic mass is 35.5. The van der Waals surface area contributed by atoms with Crippen LogP contribution in [0.1, 0.15) is 5.56 Å². The third-order valence-electron chi connectivity index (χ3n) is 4.05. The summed E-state index contributed by atoms with van der Waals surface area (Å²) in [5, 5.41) is 12.8. The van der Waals surface area contributed by atoms with Gasteiger partial charge in [-0.25, -0.2) is 0 Å². The maximum atomic E-state index is 12.1. The van der Waals surface area contributed by atoms with Crippen molar-refractivity contribution in [1.29, 1.82) is 0 Å². The van der Waals surface area contributed by atoms with E-state index in [2.05, 4.69) is 15.5 Å². The zero-order chi connectivity index (χ0) is 19.9. The summed E-state index contributed by atoms with van der Waals surface area (Å²) in [6.45, 7) is 3.00. The fourth-order valence-electron chi connectivity index (χ4n) is 2.65. The second-order valence-corrected chi connectivity index (χ2v) is 7.45. The van der Waals surface area contributed by atoms with Crippen molar-refractivity contribution in [3.05, 3.63) is 59.1 Å². The van der Waals surface area contributed by atoms with Crippen LogP contribution in [0.5, 0.6) is 0 Å². The number of carbonyl (C=O) groups is 1. The lowest BCUT2D eigenvalue weighted by Gasteiger charge is -2.13. The smallest absolute Gasteiger partial charge is 0.230 e. The molecule has 1 aromatic heterocycles. The fourth-order valence-corrected chi connectivity index (χ4v) is 3.56. The summed E-state index contributed by atoms with van der Waals surface area (Å²) in [4.78, 5) is 12.1. The first-order valence-corrected chi connectivity index (χ1v) is 10.1. The first kappa shape index (κ1) is 20.4. The van der Waals surface area contributed by atoms with Gasteiger partial charge in [0.1, 0.15) is 0 Å². The zero-order valence-corrected chi connectivity index (χ0v) is 17.3. The minimum atomic E-state index is -0.0746. The van der Waals surface area contributed by atoms with E-state index >= 15 is 0 Å². The number of hydrogen-bond acceptors (Lipinski definition) is 5. The number of nitrogens with zero attached hydrogens (tertiary/aromatic N) is 3. The Bertz CT molecular complexity index is 944. The molecule has 0 aliphatic heterocycles. The van der Waals surface area contributed by atoms with Gasteiger partial charge in [0.15, 0.2) is 11.0 Å². The molecule has 28 heavy (non-hydrogen) atoms. The average Bonchev–Trinajstić information content (AvgIpc) is 3.11. The van der Waals surface area contributed by atoms with E-state index in [1.54, 1.807) is 7.11 Å².